The number of aliphatic hydroxyl groups is 2. The van der Waals surface area contributed by atoms with E-state index in [0.29, 0.717) is 19.4 Å². The number of unbranched alkanes of at least 4 members (excludes halogenated alkanes) is 8. The lowest BCUT2D eigenvalue weighted by Crippen LogP contribution is -2.05. The molecule has 3 N–H and O–H groups in total. The summed E-state index contributed by atoms with van der Waals surface area (Å²) < 4.78 is 5.09. The van der Waals surface area contributed by atoms with E-state index >= 15 is 0 Å². The fraction of sp³-hybridized carbons (Fsp3) is 0.889. The molecule has 0 atom stereocenters. The first-order valence-corrected chi connectivity index (χ1v) is 9.17. The highest BCUT2D eigenvalue weighted by atomic mass is 16.5. The van der Waals surface area contributed by atoms with Crippen molar-refractivity contribution in [2.24, 2.45) is 0 Å². The van der Waals surface area contributed by atoms with Crippen LogP contribution in [0.4, 0.5) is 0 Å². The van der Waals surface area contributed by atoms with Crippen molar-refractivity contribution in [1.29, 1.82) is 0 Å². The second-order valence-electron chi connectivity index (χ2n) is 5.74. The van der Waals surface area contributed by atoms with Crippen molar-refractivity contribution in [3.8, 4) is 0 Å². The first kappa shape index (κ1) is 25.1. The maximum absolute atomic E-state index is 11.3. The van der Waals surface area contributed by atoms with E-state index in [2.05, 4.69) is 6.92 Å². The van der Waals surface area contributed by atoms with Gasteiger partial charge in [0.2, 0.25) is 0 Å². The van der Waals surface area contributed by atoms with Crippen LogP contribution in [0, 0.1) is 0 Å². The zero-order valence-electron chi connectivity index (χ0n) is 15.2. The molecule has 0 aliphatic rings. The van der Waals surface area contributed by atoms with E-state index in [9.17, 15) is 9.59 Å². The molecule has 0 aromatic rings. The van der Waals surface area contributed by atoms with Gasteiger partial charge in [0.1, 0.15) is 0 Å². The van der Waals surface area contributed by atoms with Gasteiger partial charge < -0.3 is 20.1 Å². The molecule has 0 spiro atoms. The van der Waals surface area contributed by atoms with Gasteiger partial charge in [-0.1, -0.05) is 51.9 Å². The van der Waals surface area contributed by atoms with Crippen LogP contribution < -0.4 is 0 Å². The summed E-state index contributed by atoms with van der Waals surface area (Å²) in [6.07, 6.45) is 11.3. The van der Waals surface area contributed by atoms with Crippen molar-refractivity contribution >= 4 is 11.9 Å². The molecule has 0 saturated carbocycles. The van der Waals surface area contributed by atoms with E-state index in [1.165, 1.54) is 12.8 Å². The fourth-order valence-corrected chi connectivity index (χ4v) is 2.01. The molecular formula is C18H36O6. The van der Waals surface area contributed by atoms with Gasteiger partial charge in [-0.15, -0.1) is 0 Å². The molecule has 0 saturated heterocycles. The smallest absolute Gasteiger partial charge is 0.305 e. The highest BCUT2D eigenvalue weighted by Gasteiger charge is 2.02. The number of aliphatic carboxylic acids is 1. The molecule has 0 heterocycles. The molecule has 0 amide bonds. The summed E-state index contributed by atoms with van der Waals surface area (Å²) in [6.45, 7) is 2.39. The standard InChI is InChI=1S/C16H30O4.C2H6O2/c1-2-3-14-20-16(19)13-11-9-7-5-4-6-8-10-12-15(17)18;3-1-2-4/h2-14H2,1H3,(H,17,18);3-4H,1-2H2. The Kier molecular flexibility index (Phi) is 22.9. The van der Waals surface area contributed by atoms with Crippen LogP contribution in [0.25, 0.3) is 0 Å². The largest absolute Gasteiger partial charge is 0.481 e. The predicted molar refractivity (Wildman–Crippen MR) is 93.8 cm³/mol. The number of carbonyl (C=O) groups is 2. The van der Waals surface area contributed by atoms with Crippen molar-refractivity contribution in [3.05, 3.63) is 0 Å². The van der Waals surface area contributed by atoms with Crippen LogP contribution in [0.2, 0.25) is 0 Å². The first-order chi connectivity index (χ1) is 11.6. The number of esters is 1. The number of ether oxygens (including phenoxy) is 1. The van der Waals surface area contributed by atoms with Crippen LogP contribution in [-0.4, -0.2) is 47.1 Å². The number of rotatable bonds is 15. The van der Waals surface area contributed by atoms with Gasteiger partial charge in [0.05, 0.1) is 19.8 Å². The van der Waals surface area contributed by atoms with E-state index in [1.54, 1.807) is 0 Å². The third kappa shape index (κ3) is 25.8. The summed E-state index contributed by atoms with van der Waals surface area (Å²) in [6, 6.07) is 0. The van der Waals surface area contributed by atoms with Crippen molar-refractivity contribution in [2.45, 2.75) is 84.0 Å². The maximum Gasteiger partial charge on any atom is 0.305 e. The minimum Gasteiger partial charge on any atom is -0.481 e. The highest BCUT2D eigenvalue weighted by molar-refractivity contribution is 5.69. The van der Waals surface area contributed by atoms with Gasteiger partial charge in [-0.2, -0.15) is 0 Å². The van der Waals surface area contributed by atoms with Gasteiger partial charge >= 0.3 is 11.9 Å². The number of carboxylic acids is 1. The normalized spacial score (nSPS) is 9.96. The third-order valence-corrected chi connectivity index (χ3v) is 3.38. The van der Waals surface area contributed by atoms with Gasteiger partial charge in [-0.3, -0.25) is 9.59 Å². The zero-order valence-corrected chi connectivity index (χ0v) is 15.2. The summed E-state index contributed by atoms with van der Waals surface area (Å²) in [4.78, 5) is 21.6. The Morgan fingerprint density at radius 1 is 0.750 bits per heavy atom. The lowest BCUT2D eigenvalue weighted by molar-refractivity contribution is -0.144. The van der Waals surface area contributed by atoms with Crippen LogP contribution in [0.5, 0.6) is 0 Å². The molecule has 0 aromatic heterocycles. The first-order valence-electron chi connectivity index (χ1n) is 9.17. The van der Waals surface area contributed by atoms with E-state index < -0.39 is 5.97 Å². The van der Waals surface area contributed by atoms with Crippen LogP contribution >= 0.6 is 0 Å². The lowest BCUT2D eigenvalue weighted by atomic mass is 10.1. The van der Waals surface area contributed by atoms with Gasteiger partial charge in [0.15, 0.2) is 0 Å². The number of hydrogen-bond acceptors (Lipinski definition) is 5. The summed E-state index contributed by atoms with van der Waals surface area (Å²) in [5.74, 6) is -0.761. The van der Waals surface area contributed by atoms with Crippen molar-refractivity contribution < 1.29 is 29.6 Å². The Hall–Kier alpha value is -1.14. The van der Waals surface area contributed by atoms with Gasteiger partial charge in [0, 0.05) is 12.8 Å². The SMILES string of the molecule is CCCCOC(=O)CCCCCCCCCCC(=O)O.OCCO. The zero-order chi connectivity index (χ0) is 18.5. The van der Waals surface area contributed by atoms with E-state index in [1.807, 2.05) is 0 Å². The van der Waals surface area contributed by atoms with Crippen LogP contribution in [-0.2, 0) is 14.3 Å². The highest BCUT2D eigenvalue weighted by Crippen LogP contribution is 2.11. The topological polar surface area (TPSA) is 104 Å². The van der Waals surface area contributed by atoms with E-state index in [-0.39, 0.29) is 19.2 Å². The van der Waals surface area contributed by atoms with Crippen LogP contribution in [0.1, 0.15) is 84.0 Å². The quantitative estimate of drug-likeness (QED) is 0.310. The van der Waals surface area contributed by atoms with Crippen molar-refractivity contribution in [2.75, 3.05) is 19.8 Å². The molecule has 0 aromatic carbocycles. The average molecular weight is 348 g/mol. The molecule has 0 unspecified atom stereocenters. The molecule has 0 fully saturated rings. The average Bonchev–Trinajstić information content (AvgIpc) is 2.56. The molecule has 24 heavy (non-hydrogen) atoms. The molecular weight excluding hydrogens is 312 g/mol. The second-order valence-corrected chi connectivity index (χ2v) is 5.74. The van der Waals surface area contributed by atoms with E-state index in [4.69, 9.17) is 20.1 Å². The van der Waals surface area contributed by atoms with Gasteiger partial charge in [0.25, 0.3) is 0 Å². The third-order valence-electron chi connectivity index (χ3n) is 3.38. The van der Waals surface area contributed by atoms with Crippen molar-refractivity contribution in [1.82, 2.24) is 0 Å². The van der Waals surface area contributed by atoms with Crippen LogP contribution in [0.3, 0.4) is 0 Å². The Morgan fingerprint density at radius 3 is 1.62 bits per heavy atom. The summed E-state index contributed by atoms with van der Waals surface area (Å²) in [5, 5.41) is 23.7. The maximum atomic E-state index is 11.3. The Labute approximate surface area is 146 Å². The minimum atomic E-state index is -0.698. The van der Waals surface area contributed by atoms with Gasteiger partial charge in [-0.25, -0.2) is 0 Å². The Balaban J connectivity index is 0. The fourth-order valence-electron chi connectivity index (χ4n) is 2.01. The number of hydrogen-bond donors (Lipinski definition) is 3. The molecule has 144 valence electrons. The molecule has 0 aliphatic carbocycles. The monoisotopic (exact) mass is 348 g/mol. The van der Waals surface area contributed by atoms with E-state index in [0.717, 1.165) is 51.4 Å². The predicted octanol–water partition coefficient (Wildman–Crippen LogP) is 3.29. The van der Waals surface area contributed by atoms with Crippen molar-refractivity contribution in [3.63, 3.8) is 0 Å². The molecule has 0 radical (unpaired) electrons. The minimum absolute atomic E-state index is 0.0629. The van der Waals surface area contributed by atoms with Gasteiger partial charge in [-0.05, 0) is 19.3 Å². The van der Waals surface area contributed by atoms with Crippen LogP contribution in [0.15, 0.2) is 0 Å². The summed E-state index contributed by atoms with van der Waals surface area (Å²) in [7, 11) is 0. The Morgan fingerprint density at radius 2 is 1.21 bits per heavy atom. The number of aliphatic hydroxyl groups excluding tert-OH is 2. The Bertz CT molecular complexity index is 279. The number of carbonyl (C=O) groups excluding carboxylic acids is 1. The molecule has 0 bridgehead atoms. The molecule has 6 heteroatoms. The molecule has 0 rings (SSSR count). The lowest BCUT2D eigenvalue weighted by Gasteiger charge is -2.04. The summed E-state index contributed by atoms with van der Waals surface area (Å²) >= 11 is 0. The molecule has 0 aliphatic heterocycles. The molecule has 6 nitrogen and oxygen atoms in total. The summed E-state index contributed by atoms with van der Waals surface area (Å²) in [5.41, 5.74) is 0. The number of carboxylic acid groups (broad SMARTS) is 1. The second kappa shape index (κ2) is 21.9.